The lowest BCUT2D eigenvalue weighted by Gasteiger charge is -2.10. The van der Waals surface area contributed by atoms with E-state index in [0.29, 0.717) is 24.3 Å². The average Bonchev–Trinajstić information content (AvgIpc) is 2.63. The molecule has 1 rings (SSSR count). The Morgan fingerprint density at radius 3 is 1.54 bits per heavy atom. The first-order chi connectivity index (χ1) is 12.7. The van der Waals surface area contributed by atoms with Crippen LogP contribution in [0.5, 0.6) is 11.5 Å². The molecular weight excluding hydrogens is 328 g/mol. The van der Waals surface area contributed by atoms with E-state index >= 15 is 0 Å². The summed E-state index contributed by atoms with van der Waals surface area (Å²) in [5.74, 6) is 0.0910. The lowest BCUT2D eigenvalue weighted by atomic mass is 10.1. The number of benzene rings is 1. The molecule has 0 radical (unpaired) electrons. The Morgan fingerprint density at radius 2 is 1.04 bits per heavy atom. The van der Waals surface area contributed by atoms with E-state index in [4.69, 9.17) is 9.47 Å². The molecule has 146 valence electrons. The molecule has 0 saturated heterocycles. The first kappa shape index (κ1) is 22.2. The zero-order valence-corrected chi connectivity index (χ0v) is 16.4. The monoisotopic (exact) mass is 362 g/mol. The molecule has 0 unspecified atom stereocenters. The van der Waals surface area contributed by atoms with Crippen LogP contribution >= 0.6 is 0 Å². The number of hydrogen-bond acceptors (Lipinski definition) is 4. The van der Waals surface area contributed by atoms with Gasteiger partial charge in [0, 0.05) is 12.8 Å². The molecule has 1 aromatic carbocycles. The summed E-state index contributed by atoms with van der Waals surface area (Å²) in [5.41, 5.74) is 0. The van der Waals surface area contributed by atoms with Gasteiger partial charge < -0.3 is 9.47 Å². The Bertz CT molecular complexity index is 525. The van der Waals surface area contributed by atoms with Gasteiger partial charge in [-0.2, -0.15) is 0 Å². The third kappa shape index (κ3) is 10.2. The first-order valence-corrected chi connectivity index (χ1v) is 10.2. The standard InChI is InChI=1S/C22H34O4/c1-3-5-7-8-9-10-12-18-22(24)26-20-16-14-13-15-19(20)25-21(23)17-11-6-4-2/h13-16H,3-12,17-18H2,1-2H3. The fourth-order valence-corrected chi connectivity index (χ4v) is 2.71. The van der Waals surface area contributed by atoms with Crippen molar-refractivity contribution in [2.45, 2.75) is 90.9 Å². The number of hydrogen-bond donors (Lipinski definition) is 0. The zero-order valence-electron chi connectivity index (χ0n) is 16.4. The second-order valence-corrected chi connectivity index (χ2v) is 6.72. The van der Waals surface area contributed by atoms with Crippen LogP contribution in [0.15, 0.2) is 24.3 Å². The van der Waals surface area contributed by atoms with Crippen LogP contribution in [0.2, 0.25) is 0 Å². The van der Waals surface area contributed by atoms with Crippen LogP contribution < -0.4 is 9.47 Å². The lowest BCUT2D eigenvalue weighted by molar-refractivity contribution is -0.137. The van der Waals surface area contributed by atoms with E-state index in [2.05, 4.69) is 13.8 Å². The number of para-hydroxylation sites is 2. The van der Waals surface area contributed by atoms with Crippen LogP contribution in [0, 0.1) is 0 Å². The largest absolute Gasteiger partial charge is 0.423 e. The summed E-state index contributed by atoms with van der Waals surface area (Å²) in [4.78, 5) is 23.9. The molecule has 0 saturated carbocycles. The van der Waals surface area contributed by atoms with E-state index in [9.17, 15) is 9.59 Å². The highest BCUT2D eigenvalue weighted by Crippen LogP contribution is 2.27. The molecule has 1 aromatic rings. The molecule has 0 spiro atoms. The average molecular weight is 363 g/mol. The summed E-state index contributed by atoms with van der Waals surface area (Å²) in [5, 5.41) is 0. The van der Waals surface area contributed by atoms with E-state index in [1.54, 1.807) is 24.3 Å². The zero-order chi connectivity index (χ0) is 19.0. The molecule has 0 heterocycles. The maximum absolute atomic E-state index is 12.0. The number of carbonyl (C=O) groups is 2. The molecule has 0 aliphatic rings. The van der Waals surface area contributed by atoms with Gasteiger partial charge in [-0.3, -0.25) is 9.59 Å². The molecule has 0 atom stereocenters. The Labute approximate surface area is 158 Å². The third-order valence-corrected chi connectivity index (χ3v) is 4.27. The van der Waals surface area contributed by atoms with Crippen LogP contribution in [0.25, 0.3) is 0 Å². The van der Waals surface area contributed by atoms with E-state index in [1.165, 1.54) is 32.1 Å². The molecule has 0 amide bonds. The summed E-state index contributed by atoms with van der Waals surface area (Å²) >= 11 is 0. The van der Waals surface area contributed by atoms with Gasteiger partial charge >= 0.3 is 11.9 Å². The normalized spacial score (nSPS) is 10.5. The summed E-state index contributed by atoms with van der Waals surface area (Å²) in [6.45, 7) is 4.29. The van der Waals surface area contributed by atoms with Crippen molar-refractivity contribution in [3.63, 3.8) is 0 Å². The van der Waals surface area contributed by atoms with Crippen molar-refractivity contribution in [3.05, 3.63) is 24.3 Å². The Balaban J connectivity index is 2.34. The smallest absolute Gasteiger partial charge is 0.311 e. The van der Waals surface area contributed by atoms with E-state index in [0.717, 1.165) is 32.1 Å². The van der Waals surface area contributed by atoms with Crippen LogP contribution in [0.1, 0.15) is 90.9 Å². The Morgan fingerprint density at radius 1 is 0.654 bits per heavy atom. The minimum Gasteiger partial charge on any atom is -0.423 e. The Kier molecular flexibility index (Phi) is 12.2. The number of esters is 2. The van der Waals surface area contributed by atoms with E-state index < -0.39 is 0 Å². The second kappa shape index (κ2) is 14.3. The molecular formula is C22H34O4. The topological polar surface area (TPSA) is 52.6 Å². The number of carbonyl (C=O) groups excluding carboxylic acids is 2. The number of unbranched alkanes of at least 4 members (excludes halogenated alkanes) is 8. The first-order valence-electron chi connectivity index (χ1n) is 10.2. The lowest BCUT2D eigenvalue weighted by Crippen LogP contribution is -2.12. The van der Waals surface area contributed by atoms with Crippen molar-refractivity contribution in [1.29, 1.82) is 0 Å². The molecule has 0 N–H and O–H groups in total. The van der Waals surface area contributed by atoms with E-state index in [-0.39, 0.29) is 11.9 Å². The highest BCUT2D eigenvalue weighted by Gasteiger charge is 2.13. The Hall–Kier alpha value is -1.84. The molecule has 4 heteroatoms. The van der Waals surface area contributed by atoms with Crippen LogP contribution in [0.3, 0.4) is 0 Å². The molecule has 0 fully saturated rings. The van der Waals surface area contributed by atoms with Gasteiger partial charge in [0.15, 0.2) is 11.5 Å². The van der Waals surface area contributed by atoms with Crippen molar-refractivity contribution in [1.82, 2.24) is 0 Å². The molecule has 0 bridgehead atoms. The maximum Gasteiger partial charge on any atom is 0.311 e. The predicted molar refractivity (Wildman–Crippen MR) is 104 cm³/mol. The van der Waals surface area contributed by atoms with Gasteiger partial charge in [0.05, 0.1) is 0 Å². The summed E-state index contributed by atoms with van der Waals surface area (Å²) < 4.78 is 10.8. The van der Waals surface area contributed by atoms with Gasteiger partial charge in [-0.05, 0) is 25.0 Å². The van der Waals surface area contributed by atoms with Crippen LogP contribution in [-0.2, 0) is 9.59 Å². The highest BCUT2D eigenvalue weighted by atomic mass is 16.6. The van der Waals surface area contributed by atoms with Crippen molar-refractivity contribution < 1.29 is 19.1 Å². The van der Waals surface area contributed by atoms with Crippen molar-refractivity contribution >= 4 is 11.9 Å². The molecule has 4 nitrogen and oxygen atoms in total. The SMILES string of the molecule is CCCCCCCCCC(=O)Oc1ccccc1OC(=O)CCCCC. The number of rotatable bonds is 14. The summed E-state index contributed by atoms with van der Waals surface area (Å²) in [6, 6.07) is 6.86. The van der Waals surface area contributed by atoms with Crippen LogP contribution in [0.4, 0.5) is 0 Å². The maximum atomic E-state index is 12.0. The molecule has 26 heavy (non-hydrogen) atoms. The van der Waals surface area contributed by atoms with Gasteiger partial charge in [0.25, 0.3) is 0 Å². The molecule has 0 aromatic heterocycles. The summed E-state index contributed by atoms with van der Waals surface area (Å²) in [6.07, 6.45) is 11.7. The highest BCUT2D eigenvalue weighted by molar-refractivity contribution is 5.76. The van der Waals surface area contributed by atoms with Gasteiger partial charge in [-0.1, -0.05) is 77.3 Å². The minimum absolute atomic E-state index is 0.270. The van der Waals surface area contributed by atoms with Crippen molar-refractivity contribution in [3.8, 4) is 11.5 Å². The fourth-order valence-electron chi connectivity index (χ4n) is 2.71. The van der Waals surface area contributed by atoms with E-state index in [1.807, 2.05) is 0 Å². The van der Waals surface area contributed by atoms with Crippen LogP contribution in [-0.4, -0.2) is 11.9 Å². The number of ether oxygens (including phenoxy) is 2. The van der Waals surface area contributed by atoms with Gasteiger partial charge in [0.2, 0.25) is 0 Å². The van der Waals surface area contributed by atoms with Crippen molar-refractivity contribution in [2.75, 3.05) is 0 Å². The second-order valence-electron chi connectivity index (χ2n) is 6.72. The van der Waals surface area contributed by atoms with Gasteiger partial charge in [0.1, 0.15) is 0 Å². The van der Waals surface area contributed by atoms with Gasteiger partial charge in [-0.15, -0.1) is 0 Å². The summed E-state index contributed by atoms with van der Waals surface area (Å²) in [7, 11) is 0. The molecule has 0 aliphatic heterocycles. The fraction of sp³-hybridized carbons (Fsp3) is 0.636. The molecule has 0 aliphatic carbocycles. The third-order valence-electron chi connectivity index (χ3n) is 4.27. The van der Waals surface area contributed by atoms with Gasteiger partial charge in [-0.25, -0.2) is 0 Å². The predicted octanol–water partition coefficient (Wildman–Crippen LogP) is 6.22. The quantitative estimate of drug-likeness (QED) is 0.224. The minimum atomic E-state index is -0.283. The van der Waals surface area contributed by atoms with Crippen molar-refractivity contribution in [2.24, 2.45) is 0 Å².